The molecule has 3 nitrogen and oxygen atoms in total. The van der Waals surface area contributed by atoms with Crippen molar-refractivity contribution >= 4 is 17.8 Å². The van der Waals surface area contributed by atoms with Gasteiger partial charge in [-0.15, -0.1) is 0 Å². The van der Waals surface area contributed by atoms with E-state index in [9.17, 15) is 18.4 Å². The quantitative estimate of drug-likeness (QED) is 0.480. The van der Waals surface area contributed by atoms with Gasteiger partial charge in [-0.1, -0.05) is 29.8 Å². The first-order chi connectivity index (χ1) is 11.0. The van der Waals surface area contributed by atoms with Gasteiger partial charge in [-0.05, 0) is 36.8 Å². The zero-order valence-corrected chi connectivity index (χ0v) is 12.4. The van der Waals surface area contributed by atoms with Gasteiger partial charge in [0.15, 0.2) is 6.61 Å². The van der Waals surface area contributed by atoms with Crippen LogP contribution in [0.1, 0.15) is 21.5 Å². The molecule has 0 aromatic heterocycles. The summed E-state index contributed by atoms with van der Waals surface area (Å²) in [5.41, 5.74) is 1.45. The maximum atomic E-state index is 13.4. The molecule has 118 valence electrons. The highest BCUT2D eigenvalue weighted by Crippen LogP contribution is 2.11. The second-order valence-corrected chi connectivity index (χ2v) is 4.90. The van der Waals surface area contributed by atoms with E-state index in [1.807, 2.05) is 31.2 Å². The molecular weight excluding hydrogens is 302 g/mol. The molecule has 0 heterocycles. The average Bonchev–Trinajstić information content (AvgIpc) is 2.54. The lowest BCUT2D eigenvalue weighted by Crippen LogP contribution is -2.14. The van der Waals surface area contributed by atoms with Crippen LogP contribution in [0.2, 0.25) is 0 Å². The first-order valence-corrected chi connectivity index (χ1v) is 6.85. The van der Waals surface area contributed by atoms with Crippen molar-refractivity contribution in [1.82, 2.24) is 0 Å². The molecule has 0 radical (unpaired) electrons. The molecule has 0 unspecified atom stereocenters. The van der Waals surface area contributed by atoms with Gasteiger partial charge in [0.25, 0.3) is 0 Å². The predicted octanol–water partition coefficient (Wildman–Crippen LogP) is 3.71. The van der Waals surface area contributed by atoms with E-state index in [0.29, 0.717) is 0 Å². The number of hydrogen-bond donors (Lipinski definition) is 0. The van der Waals surface area contributed by atoms with E-state index in [2.05, 4.69) is 0 Å². The molecule has 2 aromatic carbocycles. The minimum absolute atomic E-state index is 0.444. The van der Waals surface area contributed by atoms with Crippen molar-refractivity contribution in [3.8, 4) is 0 Å². The van der Waals surface area contributed by atoms with Gasteiger partial charge in [0.2, 0.25) is 5.78 Å². The summed E-state index contributed by atoms with van der Waals surface area (Å²) in [6, 6.07) is 9.96. The molecule has 5 heteroatoms. The normalized spacial score (nSPS) is 10.7. The number of esters is 1. The molecule has 0 aliphatic heterocycles. The van der Waals surface area contributed by atoms with Crippen molar-refractivity contribution in [2.45, 2.75) is 6.92 Å². The molecule has 2 rings (SSSR count). The molecule has 0 fully saturated rings. The topological polar surface area (TPSA) is 43.4 Å². The Morgan fingerprint density at radius 3 is 2.48 bits per heavy atom. The van der Waals surface area contributed by atoms with Crippen LogP contribution in [0.4, 0.5) is 8.78 Å². The van der Waals surface area contributed by atoms with Crippen molar-refractivity contribution in [3.63, 3.8) is 0 Å². The summed E-state index contributed by atoms with van der Waals surface area (Å²) in [7, 11) is 0. The van der Waals surface area contributed by atoms with Crippen LogP contribution >= 0.6 is 0 Å². The number of ketones is 1. The molecule has 0 aliphatic rings. The van der Waals surface area contributed by atoms with Gasteiger partial charge in [0.1, 0.15) is 11.6 Å². The van der Waals surface area contributed by atoms with Gasteiger partial charge in [0, 0.05) is 6.08 Å². The Hall–Kier alpha value is -2.82. The van der Waals surface area contributed by atoms with Gasteiger partial charge in [0.05, 0.1) is 5.56 Å². The van der Waals surface area contributed by atoms with E-state index in [0.717, 1.165) is 29.3 Å². The van der Waals surface area contributed by atoms with E-state index >= 15 is 0 Å². The average molecular weight is 316 g/mol. The van der Waals surface area contributed by atoms with Gasteiger partial charge in [-0.2, -0.15) is 0 Å². The van der Waals surface area contributed by atoms with E-state index in [4.69, 9.17) is 4.74 Å². The lowest BCUT2D eigenvalue weighted by atomic mass is 10.1. The molecule has 0 bridgehead atoms. The number of Topliss-reactive ketones (excluding diaryl/α,β-unsaturated/α-hetero) is 1. The molecule has 0 aliphatic carbocycles. The fourth-order valence-electron chi connectivity index (χ4n) is 1.82. The summed E-state index contributed by atoms with van der Waals surface area (Å²) >= 11 is 0. The number of rotatable bonds is 5. The van der Waals surface area contributed by atoms with Crippen molar-refractivity contribution in [1.29, 1.82) is 0 Å². The van der Waals surface area contributed by atoms with Crippen molar-refractivity contribution in [3.05, 3.63) is 76.9 Å². The number of carbonyl (C=O) groups is 2. The predicted molar refractivity (Wildman–Crippen MR) is 81.9 cm³/mol. The minimum Gasteiger partial charge on any atom is -0.454 e. The highest BCUT2D eigenvalue weighted by atomic mass is 19.1. The fourth-order valence-corrected chi connectivity index (χ4v) is 1.82. The van der Waals surface area contributed by atoms with Crippen LogP contribution in [-0.4, -0.2) is 18.4 Å². The van der Waals surface area contributed by atoms with Crippen LogP contribution in [0.5, 0.6) is 0 Å². The molecule has 0 atom stereocenters. The fraction of sp³-hybridized carbons (Fsp3) is 0.111. The smallest absolute Gasteiger partial charge is 0.331 e. The Bertz CT molecular complexity index is 749. The van der Waals surface area contributed by atoms with Gasteiger partial charge in [-0.25, -0.2) is 13.6 Å². The Kier molecular flexibility index (Phi) is 5.36. The first-order valence-electron chi connectivity index (χ1n) is 6.85. The van der Waals surface area contributed by atoms with Crippen LogP contribution < -0.4 is 0 Å². The molecule has 0 amide bonds. The number of carbonyl (C=O) groups excluding carboxylic acids is 2. The number of ether oxygens (including phenoxy) is 1. The van der Waals surface area contributed by atoms with Crippen molar-refractivity contribution < 1.29 is 23.1 Å². The Labute approximate surface area is 132 Å². The van der Waals surface area contributed by atoms with Crippen molar-refractivity contribution in [2.24, 2.45) is 0 Å². The highest BCUT2D eigenvalue weighted by Gasteiger charge is 2.14. The summed E-state index contributed by atoms with van der Waals surface area (Å²) in [6.07, 6.45) is 2.70. The van der Waals surface area contributed by atoms with Crippen molar-refractivity contribution in [2.75, 3.05) is 6.61 Å². The molecule has 2 aromatic rings. The monoisotopic (exact) mass is 316 g/mol. The minimum atomic E-state index is -0.859. The third-order valence-corrected chi connectivity index (χ3v) is 3.06. The molecule has 0 saturated carbocycles. The SMILES string of the molecule is Cc1ccc(/C=C/C(=O)OCC(=O)c2cc(F)ccc2F)cc1. The van der Waals surface area contributed by atoms with E-state index < -0.39 is 35.6 Å². The van der Waals surface area contributed by atoms with E-state index in [1.54, 1.807) is 0 Å². The Morgan fingerprint density at radius 1 is 1.09 bits per heavy atom. The van der Waals surface area contributed by atoms with E-state index in [-0.39, 0.29) is 0 Å². The third-order valence-electron chi connectivity index (χ3n) is 3.06. The lowest BCUT2D eigenvalue weighted by Gasteiger charge is -2.03. The number of halogens is 2. The summed E-state index contributed by atoms with van der Waals surface area (Å²) in [6.45, 7) is 1.29. The summed E-state index contributed by atoms with van der Waals surface area (Å²) in [4.78, 5) is 23.3. The highest BCUT2D eigenvalue weighted by molar-refractivity contribution is 5.99. The summed E-state index contributed by atoms with van der Waals surface area (Å²) in [5, 5.41) is 0. The van der Waals surface area contributed by atoms with Gasteiger partial charge >= 0.3 is 5.97 Å². The second-order valence-electron chi connectivity index (χ2n) is 4.90. The number of aryl methyl sites for hydroxylation is 1. The zero-order valence-electron chi connectivity index (χ0n) is 12.4. The number of hydrogen-bond acceptors (Lipinski definition) is 3. The molecular formula is C18H14F2O3. The Morgan fingerprint density at radius 2 is 1.78 bits per heavy atom. The second kappa shape index (κ2) is 7.45. The maximum Gasteiger partial charge on any atom is 0.331 e. The molecule has 0 saturated heterocycles. The summed E-state index contributed by atoms with van der Waals surface area (Å²) < 4.78 is 31.1. The Balaban J connectivity index is 1.92. The van der Waals surface area contributed by atoms with Gasteiger partial charge in [-0.3, -0.25) is 4.79 Å². The first kappa shape index (κ1) is 16.5. The number of benzene rings is 2. The standard InChI is InChI=1S/C18H14F2O3/c1-12-2-4-13(5-3-12)6-9-18(22)23-11-17(21)15-10-14(19)7-8-16(15)20/h2-10H,11H2,1H3/b9-6+. The summed E-state index contributed by atoms with van der Waals surface area (Å²) in [5.74, 6) is -3.14. The van der Waals surface area contributed by atoms with Crippen LogP contribution in [0.3, 0.4) is 0 Å². The maximum absolute atomic E-state index is 13.4. The van der Waals surface area contributed by atoms with E-state index in [1.165, 1.54) is 12.2 Å². The van der Waals surface area contributed by atoms with Gasteiger partial charge < -0.3 is 4.74 Å². The van der Waals surface area contributed by atoms with Crippen LogP contribution in [0.15, 0.2) is 48.5 Å². The van der Waals surface area contributed by atoms with Crippen LogP contribution in [-0.2, 0) is 9.53 Å². The van der Waals surface area contributed by atoms with Crippen LogP contribution in [0, 0.1) is 18.6 Å². The largest absolute Gasteiger partial charge is 0.454 e. The zero-order chi connectivity index (χ0) is 16.8. The lowest BCUT2D eigenvalue weighted by molar-refractivity contribution is -0.136. The molecule has 0 N–H and O–H groups in total. The third kappa shape index (κ3) is 4.85. The van der Waals surface area contributed by atoms with Crippen LogP contribution in [0.25, 0.3) is 6.08 Å². The molecule has 0 spiro atoms. The molecule has 23 heavy (non-hydrogen) atoms.